The molecule has 2 aromatic carbocycles. The largest absolute Gasteiger partial charge is 0.369 e. The van der Waals surface area contributed by atoms with Gasteiger partial charge in [0, 0.05) is 44.0 Å². The Kier molecular flexibility index (Phi) is 6.66. The van der Waals surface area contributed by atoms with Gasteiger partial charge < -0.3 is 16.0 Å². The van der Waals surface area contributed by atoms with E-state index in [1.807, 2.05) is 12.1 Å². The molecule has 2 aromatic rings. The van der Waals surface area contributed by atoms with E-state index >= 15 is 0 Å². The van der Waals surface area contributed by atoms with Crippen LogP contribution in [0.15, 0.2) is 48.5 Å². The number of anilines is 2. The average molecular weight is 380 g/mol. The summed E-state index contributed by atoms with van der Waals surface area (Å²) < 4.78 is 0. The standard InChI is InChI=1S/C22H28N4O2/c1-17-2-9-20(10-3-17)26-14-12-25(13-15-26)16-21(27)11-6-18-4-7-19(8-5-18)24-22(23)28/h2-5,7-10H,6,11-16H2,1H3,(H3,23,24,28). The summed E-state index contributed by atoms with van der Waals surface area (Å²) in [5.41, 5.74) is 9.36. The minimum atomic E-state index is -0.578. The lowest BCUT2D eigenvalue weighted by atomic mass is 10.1. The van der Waals surface area contributed by atoms with E-state index in [0.717, 1.165) is 31.7 Å². The van der Waals surface area contributed by atoms with Crippen molar-refractivity contribution < 1.29 is 9.59 Å². The Morgan fingerprint density at radius 2 is 1.61 bits per heavy atom. The molecule has 0 radical (unpaired) electrons. The van der Waals surface area contributed by atoms with Crippen molar-refractivity contribution in [2.45, 2.75) is 19.8 Å². The van der Waals surface area contributed by atoms with Gasteiger partial charge in [-0.2, -0.15) is 0 Å². The number of hydrogen-bond acceptors (Lipinski definition) is 4. The Hall–Kier alpha value is -2.86. The molecule has 0 unspecified atom stereocenters. The van der Waals surface area contributed by atoms with Crippen molar-refractivity contribution in [3.63, 3.8) is 0 Å². The molecule has 0 saturated carbocycles. The van der Waals surface area contributed by atoms with Gasteiger partial charge in [0.15, 0.2) is 0 Å². The topological polar surface area (TPSA) is 78.7 Å². The number of aryl methyl sites for hydroxylation is 2. The predicted molar refractivity (Wildman–Crippen MR) is 113 cm³/mol. The number of nitrogens with one attached hydrogen (secondary N) is 1. The van der Waals surface area contributed by atoms with E-state index in [-0.39, 0.29) is 5.78 Å². The second-order valence-corrected chi connectivity index (χ2v) is 7.32. The Bertz CT molecular complexity index is 794. The summed E-state index contributed by atoms with van der Waals surface area (Å²) in [6, 6.07) is 15.5. The number of primary amides is 1. The van der Waals surface area contributed by atoms with Crippen molar-refractivity contribution in [2.24, 2.45) is 5.73 Å². The number of benzene rings is 2. The fourth-order valence-corrected chi connectivity index (χ4v) is 3.43. The van der Waals surface area contributed by atoms with E-state index in [1.54, 1.807) is 12.1 Å². The maximum Gasteiger partial charge on any atom is 0.316 e. The van der Waals surface area contributed by atoms with Crippen molar-refractivity contribution in [1.29, 1.82) is 0 Å². The van der Waals surface area contributed by atoms with Gasteiger partial charge in [-0.15, -0.1) is 0 Å². The van der Waals surface area contributed by atoms with Gasteiger partial charge >= 0.3 is 6.03 Å². The molecule has 6 heteroatoms. The highest BCUT2D eigenvalue weighted by Gasteiger charge is 2.19. The summed E-state index contributed by atoms with van der Waals surface area (Å²) in [6.45, 7) is 6.33. The van der Waals surface area contributed by atoms with Crippen LogP contribution in [-0.2, 0) is 11.2 Å². The number of ketones is 1. The van der Waals surface area contributed by atoms with Crippen molar-refractivity contribution in [3.8, 4) is 0 Å². The minimum Gasteiger partial charge on any atom is -0.369 e. The number of nitrogens with two attached hydrogens (primary N) is 1. The van der Waals surface area contributed by atoms with E-state index in [9.17, 15) is 9.59 Å². The Morgan fingerprint density at radius 3 is 2.21 bits per heavy atom. The van der Waals surface area contributed by atoms with Crippen LogP contribution in [0.4, 0.5) is 16.2 Å². The van der Waals surface area contributed by atoms with Crippen LogP contribution in [0.3, 0.4) is 0 Å². The highest BCUT2D eigenvalue weighted by atomic mass is 16.2. The lowest BCUT2D eigenvalue weighted by molar-refractivity contribution is -0.120. The normalized spacial score (nSPS) is 14.7. The van der Waals surface area contributed by atoms with Crippen molar-refractivity contribution >= 4 is 23.2 Å². The van der Waals surface area contributed by atoms with Gasteiger partial charge in [-0.25, -0.2) is 4.79 Å². The van der Waals surface area contributed by atoms with Crippen molar-refractivity contribution in [2.75, 3.05) is 42.9 Å². The van der Waals surface area contributed by atoms with Crippen molar-refractivity contribution in [3.05, 3.63) is 59.7 Å². The zero-order valence-electron chi connectivity index (χ0n) is 16.4. The van der Waals surface area contributed by atoms with Gasteiger partial charge in [-0.3, -0.25) is 9.69 Å². The van der Waals surface area contributed by atoms with Gasteiger partial charge in [-0.05, 0) is 43.2 Å². The highest BCUT2D eigenvalue weighted by Crippen LogP contribution is 2.17. The maximum atomic E-state index is 12.4. The second-order valence-electron chi connectivity index (χ2n) is 7.32. The Labute approximate surface area is 166 Å². The summed E-state index contributed by atoms with van der Waals surface area (Å²) in [4.78, 5) is 27.8. The first kappa shape index (κ1) is 19.9. The molecular formula is C22H28N4O2. The van der Waals surface area contributed by atoms with Crippen molar-refractivity contribution in [1.82, 2.24) is 4.90 Å². The van der Waals surface area contributed by atoms with E-state index in [1.165, 1.54) is 11.3 Å². The minimum absolute atomic E-state index is 0.267. The number of urea groups is 1. The lowest BCUT2D eigenvalue weighted by Crippen LogP contribution is -2.48. The van der Waals surface area contributed by atoms with Gasteiger partial charge in [0.1, 0.15) is 5.78 Å². The van der Waals surface area contributed by atoms with E-state index in [4.69, 9.17) is 5.73 Å². The SMILES string of the molecule is Cc1ccc(N2CCN(CC(=O)CCc3ccc(NC(N)=O)cc3)CC2)cc1. The molecule has 1 fully saturated rings. The quantitative estimate of drug-likeness (QED) is 0.774. The number of carbonyl (C=O) groups excluding carboxylic acids is 2. The first-order valence-electron chi connectivity index (χ1n) is 9.71. The molecule has 3 N–H and O–H groups in total. The van der Waals surface area contributed by atoms with Crippen LogP contribution in [0, 0.1) is 6.92 Å². The van der Waals surface area contributed by atoms with Gasteiger partial charge in [-0.1, -0.05) is 29.8 Å². The molecule has 0 bridgehead atoms. The predicted octanol–water partition coefficient (Wildman–Crippen LogP) is 2.81. The third-order valence-electron chi connectivity index (χ3n) is 5.09. The van der Waals surface area contributed by atoms with Crippen LogP contribution < -0.4 is 16.0 Å². The smallest absolute Gasteiger partial charge is 0.316 e. The molecule has 6 nitrogen and oxygen atoms in total. The van der Waals surface area contributed by atoms with Crippen LogP contribution in [0.2, 0.25) is 0 Å². The zero-order valence-corrected chi connectivity index (χ0v) is 16.4. The van der Waals surface area contributed by atoms with Crippen LogP contribution in [-0.4, -0.2) is 49.4 Å². The maximum absolute atomic E-state index is 12.4. The fraction of sp³-hybridized carbons (Fsp3) is 0.364. The van der Waals surface area contributed by atoms with Gasteiger partial charge in [0.25, 0.3) is 0 Å². The van der Waals surface area contributed by atoms with Gasteiger partial charge in [0.05, 0.1) is 6.54 Å². The first-order valence-corrected chi connectivity index (χ1v) is 9.71. The molecule has 1 saturated heterocycles. The molecule has 0 aliphatic carbocycles. The third kappa shape index (κ3) is 5.82. The molecule has 3 rings (SSSR count). The fourth-order valence-electron chi connectivity index (χ4n) is 3.43. The lowest BCUT2D eigenvalue weighted by Gasteiger charge is -2.35. The molecule has 0 atom stereocenters. The Morgan fingerprint density at radius 1 is 0.964 bits per heavy atom. The summed E-state index contributed by atoms with van der Waals surface area (Å²) in [5.74, 6) is 0.267. The van der Waals surface area contributed by atoms with E-state index < -0.39 is 6.03 Å². The zero-order chi connectivity index (χ0) is 19.9. The number of piperazine rings is 1. The number of Topliss-reactive ketones (excluding diaryl/α,β-unsaturated/α-hetero) is 1. The highest BCUT2D eigenvalue weighted by molar-refractivity contribution is 5.87. The molecule has 1 aliphatic heterocycles. The number of rotatable bonds is 7. The van der Waals surface area contributed by atoms with Crippen LogP contribution in [0.25, 0.3) is 0 Å². The van der Waals surface area contributed by atoms with Gasteiger partial charge in [0.2, 0.25) is 0 Å². The van der Waals surface area contributed by atoms with Crippen LogP contribution in [0.5, 0.6) is 0 Å². The summed E-state index contributed by atoms with van der Waals surface area (Å²) in [6.07, 6.45) is 1.24. The Balaban J connectivity index is 1.39. The number of hydrogen-bond donors (Lipinski definition) is 2. The number of amides is 2. The van der Waals surface area contributed by atoms with E-state index in [2.05, 4.69) is 46.3 Å². The van der Waals surface area contributed by atoms with Crippen LogP contribution >= 0.6 is 0 Å². The molecule has 0 spiro atoms. The average Bonchev–Trinajstić information content (AvgIpc) is 2.68. The molecule has 0 aromatic heterocycles. The monoisotopic (exact) mass is 380 g/mol. The number of carbonyl (C=O) groups is 2. The molecule has 148 valence electrons. The molecular weight excluding hydrogens is 352 g/mol. The number of nitrogens with zero attached hydrogens (tertiary/aromatic N) is 2. The summed E-state index contributed by atoms with van der Waals surface area (Å²) in [5, 5.41) is 2.53. The molecule has 1 heterocycles. The van der Waals surface area contributed by atoms with E-state index in [0.29, 0.717) is 25.1 Å². The third-order valence-corrected chi connectivity index (χ3v) is 5.09. The summed E-state index contributed by atoms with van der Waals surface area (Å²) >= 11 is 0. The molecule has 2 amide bonds. The second kappa shape index (κ2) is 9.37. The summed E-state index contributed by atoms with van der Waals surface area (Å²) in [7, 11) is 0. The molecule has 28 heavy (non-hydrogen) atoms. The molecule has 1 aliphatic rings. The first-order chi connectivity index (χ1) is 13.5. The van der Waals surface area contributed by atoms with Crippen LogP contribution in [0.1, 0.15) is 17.5 Å².